The fraction of sp³-hybridized carbons (Fsp3) is 0.650. The van der Waals surface area contributed by atoms with Gasteiger partial charge < -0.3 is 9.88 Å². The van der Waals surface area contributed by atoms with Crippen molar-refractivity contribution in [2.75, 3.05) is 13.1 Å². The topological polar surface area (TPSA) is 77.0 Å². The SMILES string of the molecule is Cc1[nH]c(=O)c(C#N)c(C)c1CCC(=O)N1CC[C@@H]2CCCC[C@H]2C1. The highest BCUT2D eigenvalue weighted by Crippen LogP contribution is 2.36. The number of amides is 1. The van der Waals surface area contributed by atoms with Crippen LogP contribution in [0.1, 0.15) is 60.9 Å². The summed E-state index contributed by atoms with van der Waals surface area (Å²) in [6.07, 6.45) is 7.41. The smallest absolute Gasteiger partial charge is 0.266 e. The summed E-state index contributed by atoms with van der Waals surface area (Å²) >= 11 is 0. The number of hydrogen-bond donors (Lipinski definition) is 1. The molecule has 3 rings (SSSR count). The molecule has 5 nitrogen and oxygen atoms in total. The zero-order valence-corrected chi connectivity index (χ0v) is 15.2. The van der Waals surface area contributed by atoms with Gasteiger partial charge in [-0.1, -0.05) is 19.3 Å². The van der Waals surface area contributed by atoms with Gasteiger partial charge in [-0.05, 0) is 56.1 Å². The lowest BCUT2D eigenvalue weighted by atomic mass is 9.75. The van der Waals surface area contributed by atoms with Crippen molar-refractivity contribution in [2.45, 2.75) is 58.8 Å². The van der Waals surface area contributed by atoms with Crippen LogP contribution in [0.25, 0.3) is 0 Å². The predicted molar refractivity (Wildman–Crippen MR) is 96.2 cm³/mol. The normalized spacial score (nSPS) is 23.0. The van der Waals surface area contributed by atoms with Gasteiger partial charge in [0.1, 0.15) is 11.6 Å². The van der Waals surface area contributed by atoms with E-state index >= 15 is 0 Å². The van der Waals surface area contributed by atoms with Gasteiger partial charge in [-0.15, -0.1) is 0 Å². The summed E-state index contributed by atoms with van der Waals surface area (Å²) < 4.78 is 0. The van der Waals surface area contributed by atoms with Crippen LogP contribution in [-0.4, -0.2) is 28.9 Å². The minimum Gasteiger partial charge on any atom is -0.342 e. The highest BCUT2D eigenvalue weighted by atomic mass is 16.2. The van der Waals surface area contributed by atoms with Gasteiger partial charge >= 0.3 is 0 Å². The summed E-state index contributed by atoms with van der Waals surface area (Å²) in [6, 6.07) is 1.97. The van der Waals surface area contributed by atoms with Crippen molar-refractivity contribution < 1.29 is 4.79 Å². The number of nitrogens with zero attached hydrogens (tertiary/aromatic N) is 2. The van der Waals surface area contributed by atoms with Crippen molar-refractivity contribution in [1.82, 2.24) is 9.88 Å². The molecule has 2 atom stereocenters. The first kappa shape index (κ1) is 17.7. The van der Waals surface area contributed by atoms with E-state index in [9.17, 15) is 9.59 Å². The standard InChI is InChI=1S/C20H27N3O2/c1-13-17(14(2)22-20(25)18(13)11-21)7-8-19(24)23-10-9-15-5-3-4-6-16(15)12-23/h15-16H,3-10,12H2,1-2H3,(H,22,25)/t15-,16-/m0/s1. The summed E-state index contributed by atoms with van der Waals surface area (Å²) in [5, 5.41) is 9.16. The molecule has 2 heterocycles. The number of rotatable bonds is 3. The third kappa shape index (κ3) is 3.63. The van der Waals surface area contributed by atoms with Crippen molar-refractivity contribution >= 4 is 5.91 Å². The van der Waals surface area contributed by atoms with Gasteiger partial charge in [0.25, 0.3) is 5.56 Å². The van der Waals surface area contributed by atoms with Crippen molar-refractivity contribution in [1.29, 1.82) is 5.26 Å². The van der Waals surface area contributed by atoms with Crippen molar-refractivity contribution in [3.8, 4) is 6.07 Å². The number of nitrogens with one attached hydrogen (secondary N) is 1. The number of pyridine rings is 1. The van der Waals surface area contributed by atoms with E-state index in [1.807, 2.05) is 17.9 Å². The lowest BCUT2D eigenvalue weighted by Gasteiger charge is -2.41. The number of fused-ring (bicyclic) bond motifs is 1. The Bertz CT molecular complexity index is 759. The van der Waals surface area contributed by atoms with Crippen LogP contribution in [0.3, 0.4) is 0 Å². The van der Waals surface area contributed by atoms with E-state index in [1.54, 1.807) is 6.92 Å². The van der Waals surface area contributed by atoms with Crippen molar-refractivity contribution in [2.24, 2.45) is 11.8 Å². The summed E-state index contributed by atoms with van der Waals surface area (Å²) in [5.74, 6) is 1.71. The quantitative estimate of drug-likeness (QED) is 0.918. The fourth-order valence-corrected chi connectivity index (χ4v) is 4.64. The largest absolute Gasteiger partial charge is 0.342 e. The Hall–Kier alpha value is -2.09. The van der Waals surface area contributed by atoms with Crippen LogP contribution in [0, 0.1) is 37.0 Å². The lowest BCUT2D eigenvalue weighted by Crippen LogP contribution is -2.44. The molecule has 25 heavy (non-hydrogen) atoms. The number of likely N-dealkylation sites (tertiary alicyclic amines) is 1. The Morgan fingerprint density at radius 2 is 1.96 bits per heavy atom. The van der Waals surface area contributed by atoms with Crippen molar-refractivity contribution in [3.05, 3.63) is 32.7 Å². The maximum atomic E-state index is 12.7. The van der Waals surface area contributed by atoms with E-state index in [2.05, 4.69) is 4.98 Å². The van der Waals surface area contributed by atoms with Crippen LogP contribution in [0.5, 0.6) is 0 Å². The summed E-state index contributed by atoms with van der Waals surface area (Å²) in [4.78, 5) is 29.3. The molecule has 2 fully saturated rings. The molecule has 0 bridgehead atoms. The Labute approximate surface area is 149 Å². The average Bonchev–Trinajstić information content (AvgIpc) is 2.61. The summed E-state index contributed by atoms with van der Waals surface area (Å²) in [5.41, 5.74) is 2.22. The highest BCUT2D eigenvalue weighted by molar-refractivity contribution is 5.76. The number of aromatic nitrogens is 1. The second kappa shape index (κ2) is 7.43. The first-order valence-electron chi connectivity index (χ1n) is 9.41. The molecular formula is C20H27N3O2. The molecule has 0 unspecified atom stereocenters. The Morgan fingerprint density at radius 1 is 1.24 bits per heavy atom. The molecule has 0 aromatic carbocycles. The molecule has 1 aliphatic heterocycles. The molecule has 0 radical (unpaired) electrons. The monoisotopic (exact) mass is 341 g/mol. The molecule has 1 N–H and O–H groups in total. The molecule has 1 amide bonds. The van der Waals surface area contributed by atoms with Crippen LogP contribution in [0.15, 0.2) is 4.79 Å². The molecule has 1 aliphatic carbocycles. The van der Waals surface area contributed by atoms with Crippen LogP contribution in [0.4, 0.5) is 0 Å². The van der Waals surface area contributed by atoms with Crippen LogP contribution >= 0.6 is 0 Å². The van der Waals surface area contributed by atoms with Gasteiger partial charge in [-0.3, -0.25) is 9.59 Å². The number of carbonyl (C=O) groups is 1. The Balaban J connectivity index is 1.65. The number of aryl methyl sites for hydroxylation is 1. The molecule has 0 spiro atoms. The Kier molecular flexibility index (Phi) is 5.27. The van der Waals surface area contributed by atoms with Crippen LogP contribution in [0.2, 0.25) is 0 Å². The fourth-order valence-electron chi connectivity index (χ4n) is 4.64. The third-order valence-electron chi connectivity index (χ3n) is 6.15. The number of aromatic amines is 1. The van der Waals surface area contributed by atoms with Crippen LogP contribution in [-0.2, 0) is 11.2 Å². The minimum absolute atomic E-state index is 0.163. The van der Waals surface area contributed by atoms with E-state index in [1.165, 1.54) is 25.7 Å². The van der Waals surface area contributed by atoms with Gasteiger partial charge in [0.15, 0.2) is 0 Å². The van der Waals surface area contributed by atoms with E-state index in [0.717, 1.165) is 36.7 Å². The van der Waals surface area contributed by atoms with Crippen LogP contribution < -0.4 is 5.56 Å². The number of hydrogen-bond acceptors (Lipinski definition) is 3. The van der Waals surface area contributed by atoms with Gasteiger partial charge in [0.2, 0.25) is 5.91 Å². The zero-order valence-electron chi connectivity index (χ0n) is 15.2. The molecule has 2 aliphatic rings. The maximum Gasteiger partial charge on any atom is 0.266 e. The van der Waals surface area contributed by atoms with Gasteiger partial charge in [0.05, 0.1) is 0 Å². The van der Waals surface area contributed by atoms with Crippen molar-refractivity contribution in [3.63, 3.8) is 0 Å². The third-order valence-corrected chi connectivity index (χ3v) is 6.15. The number of H-pyrrole nitrogens is 1. The number of carbonyl (C=O) groups excluding carboxylic acids is 1. The molecule has 1 aromatic rings. The average molecular weight is 341 g/mol. The highest BCUT2D eigenvalue weighted by Gasteiger charge is 2.32. The number of nitriles is 1. The molecule has 134 valence electrons. The molecule has 1 saturated heterocycles. The second-order valence-electron chi connectivity index (χ2n) is 7.60. The first-order valence-corrected chi connectivity index (χ1v) is 9.41. The summed E-state index contributed by atoms with van der Waals surface area (Å²) in [6.45, 7) is 5.43. The number of piperidine rings is 1. The van der Waals surface area contributed by atoms with Gasteiger partial charge in [-0.2, -0.15) is 5.26 Å². The summed E-state index contributed by atoms with van der Waals surface area (Å²) in [7, 11) is 0. The Morgan fingerprint density at radius 3 is 2.68 bits per heavy atom. The zero-order chi connectivity index (χ0) is 18.0. The second-order valence-corrected chi connectivity index (χ2v) is 7.60. The predicted octanol–water partition coefficient (Wildman–Crippen LogP) is 2.83. The molecule has 5 heteroatoms. The minimum atomic E-state index is -0.341. The van der Waals surface area contributed by atoms with Gasteiger partial charge in [0, 0.05) is 25.2 Å². The van der Waals surface area contributed by atoms with Gasteiger partial charge in [-0.25, -0.2) is 0 Å². The maximum absolute atomic E-state index is 12.7. The van der Waals surface area contributed by atoms with E-state index in [-0.39, 0.29) is 17.0 Å². The first-order chi connectivity index (χ1) is 12.0. The molecular weight excluding hydrogens is 314 g/mol. The molecule has 1 saturated carbocycles. The van der Waals surface area contributed by atoms with E-state index < -0.39 is 0 Å². The van der Waals surface area contributed by atoms with E-state index in [0.29, 0.717) is 24.3 Å². The van der Waals surface area contributed by atoms with E-state index in [4.69, 9.17) is 5.26 Å². The molecule has 1 aromatic heterocycles. The lowest BCUT2D eigenvalue weighted by molar-refractivity contribution is -0.134.